The quantitative estimate of drug-likeness (QED) is 0.429. The zero-order valence-corrected chi connectivity index (χ0v) is 17.5. The van der Waals surface area contributed by atoms with Gasteiger partial charge >= 0.3 is 0 Å². The summed E-state index contributed by atoms with van der Waals surface area (Å²) in [5.41, 5.74) is 3.57. The predicted octanol–water partition coefficient (Wildman–Crippen LogP) is 5.34. The predicted molar refractivity (Wildman–Crippen MR) is 119 cm³/mol. The van der Waals surface area contributed by atoms with E-state index in [1.165, 1.54) is 11.3 Å². The number of aromatic nitrogens is 1. The van der Waals surface area contributed by atoms with Crippen molar-refractivity contribution in [3.8, 4) is 23.0 Å². The SMILES string of the molecule is CCOc1cc(/C=N/n2c(-c3ccco3)csc2=Nc2ccccc2C)ccc1O. The molecule has 4 aromatic rings. The zero-order valence-electron chi connectivity index (χ0n) is 16.6. The summed E-state index contributed by atoms with van der Waals surface area (Å²) in [5.74, 6) is 1.23. The largest absolute Gasteiger partial charge is 0.504 e. The van der Waals surface area contributed by atoms with Crippen molar-refractivity contribution in [2.24, 2.45) is 10.1 Å². The Hall–Kier alpha value is -3.58. The Morgan fingerprint density at radius 2 is 2.03 bits per heavy atom. The van der Waals surface area contributed by atoms with Crippen LogP contribution in [0.3, 0.4) is 0 Å². The maximum Gasteiger partial charge on any atom is 0.211 e. The van der Waals surface area contributed by atoms with E-state index in [9.17, 15) is 5.11 Å². The van der Waals surface area contributed by atoms with E-state index in [2.05, 4.69) is 5.10 Å². The third-order valence-electron chi connectivity index (χ3n) is 4.40. The number of hydrogen-bond acceptors (Lipinski definition) is 6. The van der Waals surface area contributed by atoms with Crippen LogP contribution in [0.25, 0.3) is 11.5 Å². The molecule has 0 aliphatic carbocycles. The molecule has 0 amide bonds. The van der Waals surface area contributed by atoms with Gasteiger partial charge in [-0.25, -0.2) is 9.67 Å². The van der Waals surface area contributed by atoms with Crippen LogP contribution in [0.5, 0.6) is 11.5 Å². The molecule has 2 heterocycles. The molecule has 0 aliphatic heterocycles. The maximum absolute atomic E-state index is 9.92. The molecule has 0 spiro atoms. The first-order chi connectivity index (χ1) is 14.7. The van der Waals surface area contributed by atoms with Crippen LogP contribution in [-0.4, -0.2) is 22.6 Å². The van der Waals surface area contributed by atoms with E-state index < -0.39 is 0 Å². The van der Waals surface area contributed by atoms with E-state index in [-0.39, 0.29) is 5.75 Å². The van der Waals surface area contributed by atoms with Gasteiger partial charge in [-0.15, -0.1) is 11.3 Å². The number of furan rings is 1. The van der Waals surface area contributed by atoms with Crippen molar-refractivity contribution >= 4 is 23.2 Å². The molecule has 0 fully saturated rings. The fourth-order valence-electron chi connectivity index (χ4n) is 2.88. The molecule has 2 aromatic carbocycles. The lowest BCUT2D eigenvalue weighted by molar-refractivity contribution is 0.318. The van der Waals surface area contributed by atoms with Gasteiger partial charge in [0.2, 0.25) is 4.80 Å². The van der Waals surface area contributed by atoms with Gasteiger partial charge in [0.1, 0.15) is 5.69 Å². The number of para-hydroxylation sites is 1. The van der Waals surface area contributed by atoms with Crippen LogP contribution in [0.4, 0.5) is 5.69 Å². The van der Waals surface area contributed by atoms with Gasteiger partial charge in [0.25, 0.3) is 0 Å². The van der Waals surface area contributed by atoms with Crippen molar-refractivity contribution in [3.63, 3.8) is 0 Å². The third kappa shape index (κ3) is 4.21. The lowest BCUT2D eigenvalue weighted by Gasteiger charge is -2.06. The minimum Gasteiger partial charge on any atom is -0.504 e. The summed E-state index contributed by atoms with van der Waals surface area (Å²) in [6.07, 6.45) is 3.34. The first-order valence-corrected chi connectivity index (χ1v) is 10.4. The minimum atomic E-state index is 0.101. The second-order valence-corrected chi connectivity index (χ2v) is 7.33. The number of thiazole rings is 1. The van der Waals surface area contributed by atoms with Gasteiger partial charge in [0.05, 0.1) is 24.8 Å². The van der Waals surface area contributed by atoms with Crippen molar-refractivity contribution in [2.75, 3.05) is 6.61 Å². The number of hydrogen-bond donors (Lipinski definition) is 1. The lowest BCUT2D eigenvalue weighted by atomic mass is 10.2. The molecule has 0 radical (unpaired) electrons. The molecule has 0 saturated heterocycles. The fraction of sp³-hybridized carbons (Fsp3) is 0.130. The number of phenolic OH excluding ortho intramolecular Hbond substituents is 1. The minimum absolute atomic E-state index is 0.101. The summed E-state index contributed by atoms with van der Waals surface area (Å²) < 4.78 is 12.8. The second-order valence-electron chi connectivity index (χ2n) is 6.50. The first-order valence-electron chi connectivity index (χ1n) is 9.50. The Morgan fingerprint density at radius 1 is 1.17 bits per heavy atom. The second kappa shape index (κ2) is 8.84. The standard InChI is InChI=1S/C23H21N3O3S/c1-3-28-22-13-17(10-11-20(22)27)14-24-26-19(21-9-6-12-29-21)15-30-23(26)25-18-8-5-4-7-16(18)2/h4-15,27H,3H2,1-2H3/b24-14+,25-23?. The zero-order chi connectivity index (χ0) is 20.9. The molecular weight excluding hydrogens is 398 g/mol. The molecule has 30 heavy (non-hydrogen) atoms. The molecule has 7 heteroatoms. The molecule has 0 aliphatic rings. The molecule has 1 N–H and O–H groups in total. The highest BCUT2D eigenvalue weighted by molar-refractivity contribution is 7.07. The van der Waals surface area contributed by atoms with Crippen molar-refractivity contribution in [3.05, 3.63) is 82.2 Å². The van der Waals surface area contributed by atoms with Crippen LogP contribution in [0.15, 0.2) is 80.8 Å². The Balaban J connectivity index is 1.80. The highest BCUT2D eigenvalue weighted by Crippen LogP contribution is 2.26. The number of phenols is 1. The van der Waals surface area contributed by atoms with E-state index in [4.69, 9.17) is 14.1 Å². The van der Waals surface area contributed by atoms with E-state index in [0.717, 1.165) is 27.3 Å². The fourth-order valence-corrected chi connectivity index (χ4v) is 3.71. The molecule has 0 saturated carbocycles. The summed E-state index contributed by atoms with van der Waals surface area (Å²) in [4.78, 5) is 5.52. The van der Waals surface area contributed by atoms with Crippen molar-refractivity contribution in [1.29, 1.82) is 0 Å². The molecule has 152 valence electrons. The van der Waals surface area contributed by atoms with Gasteiger partial charge < -0.3 is 14.3 Å². The molecule has 6 nitrogen and oxygen atoms in total. The average molecular weight is 420 g/mol. The van der Waals surface area contributed by atoms with Crippen LogP contribution in [0.1, 0.15) is 18.1 Å². The number of ether oxygens (including phenoxy) is 1. The Bertz CT molecular complexity index is 1240. The highest BCUT2D eigenvalue weighted by atomic mass is 32.1. The molecule has 0 unspecified atom stereocenters. The van der Waals surface area contributed by atoms with Crippen LogP contribution in [-0.2, 0) is 0 Å². The van der Waals surface area contributed by atoms with E-state index in [1.54, 1.807) is 35.4 Å². The van der Waals surface area contributed by atoms with Crippen LogP contribution in [0, 0.1) is 6.92 Å². The normalized spacial score (nSPS) is 12.0. The van der Waals surface area contributed by atoms with Gasteiger partial charge in [-0.2, -0.15) is 5.10 Å². The summed E-state index contributed by atoms with van der Waals surface area (Å²) in [5, 5.41) is 16.5. The molecule has 4 rings (SSSR count). The number of benzene rings is 2. The van der Waals surface area contributed by atoms with E-state index in [1.807, 2.05) is 55.6 Å². The van der Waals surface area contributed by atoms with Crippen LogP contribution in [0.2, 0.25) is 0 Å². The number of aryl methyl sites for hydroxylation is 1. The molecular formula is C23H21N3O3S. The van der Waals surface area contributed by atoms with Crippen LogP contribution < -0.4 is 9.54 Å². The monoisotopic (exact) mass is 419 g/mol. The van der Waals surface area contributed by atoms with Crippen molar-refractivity contribution in [2.45, 2.75) is 13.8 Å². The summed E-state index contributed by atoms with van der Waals surface area (Å²) >= 11 is 1.48. The highest BCUT2D eigenvalue weighted by Gasteiger charge is 2.10. The number of nitrogens with zero attached hydrogens (tertiary/aromatic N) is 3. The molecule has 0 atom stereocenters. The summed E-state index contributed by atoms with van der Waals surface area (Å²) in [7, 11) is 0. The van der Waals surface area contributed by atoms with Gasteiger partial charge in [-0.1, -0.05) is 18.2 Å². The van der Waals surface area contributed by atoms with Crippen LogP contribution >= 0.6 is 11.3 Å². The first kappa shape index (κ1) is 19.7. The van der Waals surface area contributed by atoms with E-state index in [0.29, 0.717) is 18.1 Å². The summed E-state index contributed by atoms with van der Waals surface area (Å²) in [6, 6.07) is 16.8. The Morgan fingerprint density at radius 3 is 2.80 bits per heavy atom. The van der Waals surface area contributed by atoms with Gasteiger partial charge in [0, 0.05) is 5.38 Å². The maximum atomic E-state index is 9.92. The van der Waals surface area contributed by atoms with Crippen molar-refractivity contribution in [1.82, 2.24) is 4.68 Å². The van der Waals surface area contributed by atoms with Gasteiger partial charge in [-0.3, -0.25) is 0 Å². The Labute approximate surface area is 178 Å². The van der Waals surface area contributed by atoms with Gasteiger partial charge in [0.15, 0.2) is 17.3 Å². The smallest absolute Gasteiger partial charge is 0.211 e. The molecule has 2 aromatic heterocycles. The summed E-state index contributed by atoms with van der Waals surface area (Å²) in [6.45, 7) is 4.37. The molecule has 0 bridgehead atoms. The Kier molecular flexibility index (Phi) is 5.81. The number of aromatic hydroxyl groups is 1. The number of rotatable bonds is 6. The van der Waals surface area contributed by atoms with Crippen molar-refractivity contribution < 1.29 is 14.3 Å². The van der Waals surface area contributed by atoms with E-state index >= 15 is 0 Å². The topological polar surface area (TPSA) is 72.2 Å². The average Bonchev–Trinajstić information content (AvgIpc) is 3.40. The lowest BCUT2D eigenvalue weighted by Crippen LogP contribution is -2.11. The third-order valence-corrected chi connectivity index (χ3v) is 5.21. The van der Waals surface area contributed by atoms with Gasteiger partial charge in [-0.05, 0) is 61.4 Å².